The second kappa shape index (κ2) is 6.11. The van der Waals surface area contributed by atoms with Gasteiger partial charge in [-0.25, -0.2) is 0 Å². The fourth-order valence-corrected chi connectivity index (χ4v) is 1.94. The maximum atomic E-state index is 13.9. The Balaban J connectivity index is 3.37. The summed E-state index contributed by atoms with van der Waals surface area (Å²) in [6.07, 6.45) is -17.2. The molecule has 154 valence electrons. The van der Waals surface area contributed by atoms with Gasteiger partial charge in [-0.2, -0.15) is 43.9 Å². The van der Waals surface area contributed by atoms with Crippen LogP contribution in [0.1, 0.15) is 20.3 Å². The molecule has 1 heterocycles. The molecule has 3 atom stereocenters. The smallest absolute Gasteiger partial charge is 0.448 e. The Hall–Kier alpha value is -1.31. The van der Waals surface area contributed by atoms with E-state index in [4.69, 9.17) is 5.11 Å². The highest BCUT2D eigenvalue weighted by molar-refractivity contribution is 5.77. The maximum absolute atomic E-state index is 13.9. The van der Waals surface area contributed by atoms with Gasteiger partial charge in [0.1, 0.15) is 6.61 Å². The minimum Gasteiger partial charge on any atom is -0.448 e. The van der Waals surface area contributed by atoms with Gasteiger partial charge in [0.25, 0.3) is 0 Å². The molecule has 1 rings (SSSR count). The van der Waals surface area contributed by atoms with E-state index in [2.05, 4.69) is 9.47 Å². The number of esters is 1. The Labute approximate surface area is 139 Å². The van der Waals surface area contributed by atoms with Crippen molar-refractivity contribution in [2.75, 3.05) is 6.61 Å². The Kier molecular flexibility index (Phi) is 5.34. The number of ether oxygens (including phenoxy) is 2. The Morgan fingerprint density at radius 2 is 1.62 bits per heavy atom. The molecule has 0 aromatic carbocycles. The maximum Gasteiger partial charge on any atom is 0.449 e. The molecule has 0 amide bonds. The average Bonchev–Trinajstić information content (AvgIpc) is 2.44. The van der Waals surface area contributed by atoms with Gasteiger partial charge in [-0.05, 0) is 13.3 Å². The van der Waals surface area contributed by atoms with Crippen molar-refractivity contribution in [1.29, 1.82) is 0 Å². The predicted molar refractivity (Wildman–Crippen MR) is 61.2 cm³/mol. The lowest BCUT2D eigenvalue weighted by Crippen LogP contribution is -2.74. The van der Waals surface area contributed by atoms with Gasteiger partial charge in [-0.1, -0.05) is 6.92 Å². The minimum absolute atomic E-state index is 0.140. The molecular formula is C12H12F10O4. The first-order valence-electron chi connectivity index (χ1n) is 6.74. The molecule has 14 heteroatoms. The van der Waals surface area contributed by atoms with Crippen molar-refractivity contribution in [3.63, 3.8) is 0 Å². The topological polar surface area (TPSA) is 55.8 Å². The van der Waals surface area contributed by atoms with Crippen LogP contribution in [-0.4, -0.2) is 53.8 Å². The van der Waals surface area contributed by atoms with E-state index in [9.17, 15) is 48.7 Å². The third-order valence-electron chi connectivity index (χ3n) is 4.03. The largest absolute Gasteiger partial charge is 0.449 e. The zero-order valence-electron chi connectivity index (χ0n) is 12.9. The van der Waals surface area contributed by atoms with E-state index in [1.54, 1.807) is 0 Å². The number of aliphatic hydroxyl groups is 1. The Bertz CT molecular complexity index is 557. The summed E-state index contributed by atoms with van der Waals surface area (Å²) in [7, 11) is 0. The first-order valence-corrected chi connectivity index (χ1v) is 6.74. The summed E-state index contributed by atoms with van der Waals surface area (Å²) in [6.45, 7) is -1.59. The lowest BCUT2D eigenvalue weighted by atomic mass is 9.86. The monoisotopic (exact) mass is 410 g/mol. The molecule has 0 aromatic rings. The molecule has 26 heavy (non-hydrogen) atoms. The molecule has 1 fully saturated rings. The summed E-state index contributed by atoms with van der Waals surface area (Å²) < 4.78 is 138. The number of carbonyl (C=O) groups is 1. The van der Waals surface area contributed by atoms with Crippen LogP contribution in [0.25, 0.3) is 0 Å². The second-order valence-electron chi connectivity index (χ2n) is 5.78. The molecular weight excluding hydrogens is 398 g/mol. The van der Waals surface area contributed by atoms with Crippen LogP contribution in [0.2, 0.25) is 0 Å². The number of hydrogen-bond acceptors (Lipinski definition) is 4. The number of alkyl halides is 10. The minimum atomic E-state index is -6.32. The van der Waals surface area contributed by atoms with Crippen molar-refractivity contribution in [2.45, 2.75) is 56.4 Å². The molecule has 0 aromatic heterocycles. The van der Waals surface area contributed by atoms with Gasteiger partial charge in [0, 0.05) is 0 Å². The second-order valence-corrected chi connectivity index (χ2v) is 5.78. The summed E-state index contributed by atoms with van der Waals surface area (Å²) in [5, 5.41) is 9.03. The van der Waals surface area contributed by atoms with Crippen LogP contribution in [0.4, 0.5) is 43.9 Å². The van der Waals surface area contributed by atoms with E-state index in [1.165, 1.54) is 0 Å². The van der Waals surface area contributed by atoms with Crippen molar-refractivity contribution in [3.05, 3.63) is 0 Å². The highest BCUT2D eigenvalue weighted by Crippen LogP contribution is 2.53. The third-order valence-corrected chi connectivity index (χ3v) is 4.03. The van der Waals surface area contributed by atoms with E-state index < -0.39 is 60.5 Å². The van der Waals surface area contributed by atoms with Crippen molar-refractivity contribution in [2.24, 2.45) is 5.41 Å². The van der Waals surface area contributed by atoms with Gasteiger partial charge >= 0.3 is 36.0 Å². The summed E-state index contributed by atoms with van der Waals surface area (Å²) >= 11 is 0. The lowest BCUT2D eigenvalue weighted by Gasteiger charge is -2.46. The SMILES string of the molecule is CCC(C)(C(=O)OC1C(F)(F)COC(O)(C(F)(F)F)C1(F)F)C(F)(F)F. The summed E-state index contributed by atoms with van der Waals surface area (Å²) in [4.78, 5) is 11.6. The van der Waals surface area contributed by atoms with E-state index in [-0.39, 0.29) is 6.92 Å². The molecule has 1 saturated heterocycles. The standard InChI is InChI=1S/C12H12F10O4/c1-3-7(2,11(17,18)19)6(23)26-5-8(13,14)4-25-10(24,9(5,15)16)12(20,21)22/h5,24H,3-4H2,1-2H3. The first-order chi connectivity index (χ1) is 11.3. The average molecular weight is 410 g/mol. The zero-order chi connectivity index (χ0) is 21.0. The van der Waals surface area contributed by atoms with Crippen molar-refractivity contribution >= 4 is 5.97 Å². The van der Waals surface area contributed by atoms with E-state index in [1.807, 2.05) is 0 Å². The van der Waals surface area contributed by atoms with Gasteiger partial charge in [0.05, 0.1) is 0 Å². The molecule has 1 aliphatic rings. The van der Waals surface area contributed by atoms with Crippen LogP contribution >= 0.6 is 0 Å². The quantitative estimate of drug-likeness (QED) is 0.573. The Morgan fingerprint density at radius 1 is 1.15 bits per heavy atom. The Morgan fingerprint density at radius 3 is 1.96 bits per heavy atom. The van der Waals surface area contributed by atoms with Crippen molar-refractivity contribution < 1.29 is 63.3 Å². The molecule has 0 radical (unpaired) electrons. The van der Waals surface area contributed by atoms with Gasteiger partial charge in [0.15, 0.2) is 5.41 Å². The fraction of sp³-hybridized carbons (Fsp3) is 0.917. The van der Waals surface area contributed by atoms with Gasteiger partial charge in [0.2, 0.25) is 6.10 Å². The molecule has 3 unspecified atom stereocenters. The molecule has 0 bridgehead atoms. The summed E-state index contributed by atoms with van der Waals surface area (Å²) in [6, 6.07) is 0. The first kappa shape index (κ1) is 22.7. The number of carbonyl (C=O) groups excluding carboxylic acids is 1. The highest BCUT2D eigenvalue weighted by atomic mass is 19.4. The number of hydrogen-bond donors (Lipinski definition) is 1. The lowest BCUT2D eigenvalue weighted by molar-refractivity contribution is -0.480. The molecule has 1 aliphatic heterocycles. The molecule has 0 spiro atoms. The zero-order valence-corrected chi connectivity index (χ0v) is 12.9. The van der Waals surface area contributed by atoms with Crippen molar-refractivity contribution in [3.8, 4) is 0 Å². The van der Waals surface area contributed by atoms with Crippen LogP contribution in [-0.2, 0) is 14.3 Å². The van der Waals surface area contributed by atoms with E-state index in [0.717, 1.165) is 6.92 Å². The van der Waals surface area contributed by atoms with Crippen LogP contribution in [0.5, 0.6) is 0 Å². The van der Waals surface area contributed by atoms with Crippen LogP contribution < -0.4 is 0 Å². The van der Waals surface area contributed by atoms with E-state index >= 15 is 0 Å². The molecule has 0 aliphatic carbocycles. The van der Waals surface area contributed by atoms with Gasteiger partial charge in [-0.15, -0.1) is 0 Å². The van der Waals surface area contributed by atoms with E-state index in [0.29, 0.717) is 0 Å². The highest BCUT2D eigenvalue weighted by Gasteiger charge is 2.82. The van der Waals surface area contributed by atoms with Gasteiger partial charge < -0.3 is 14.6 Å². The number of rotatable bonds is 3. The molecule has 0 saturated carbocycles. The predicted octanol–water partition coefficient (Wildman–Crippen LogP) is 3.43. The molecule has 1 N–H and O–H groups in total. The van der Waals surface area contributed by atoms with Crippen LogP contribution in [0, 0.1) is 5.41 Å². The van der Waals surface area contributed by atoms with Crippen LogP contribution in [0.3, 0.4) is 0 Å². The summed E-state index contributed by atoms with van der Waals surface area (Å²) in [5.74, 6) is -19.2. The fourth-order valence-electron chi connectivity index (χ4n) is 1.94. The van der Waals surface area contributed by atoms with Crippen molar-refractivity contribution in [1.82, 2.24) is 0 Å². The number of halogens is 10. The van der Waals surface area contributed by atoms with Gasteiger partial charge in [-0.3, -0.25) is 4.79 Å². The third kappa shape index (κ3) is 3.21. The molecule has 4 nitrogen and oxygen atoms in total. The summed E-state index contributed by atoms with van der Waals surface area (Å²) in [5.41, 5.74) is -3.55. The van der Waals surface area contributed by atoms with Crippen LogP contribution in [0.15, 0.2) is 0 Å². The normalized spacial score (nSPS) is 31.2.